The van der Waals surface area contributed by atoms with E-state index in [0.29, 0.717) is 25.0 Å². The van der Waals surface area contributed by atoms with Crippen molar-refractivity contribution in [3.05, 3.63) is 102 Å². The molecular weight excluding hydrogens is 697 g/mol. The van der Waals surface area contributed by atoms with Crippen LogP contribution in [0.1, 0.15) is 76.6 Å². The average Bonchev–Trinajstić information content (AvgIpc) is 3.69. The molecule has 4 amide bonds. The first-order valence-corrected chi connectivity index (χ1v) is 19.4. The Hall–Kier alpha value is -5.07. The van der Waals surface area contributed by atoms with Crippen LogP contribution in [-0.4, -0.2) is 80.7 Å². The van der Waals surface area contributed by atoms with E-state index < -0.39 is 48.0 Å². The zero-order valence-electron chi connectivity index (χ0n) is 32.5. The van der Waals surface area contributed by atoms with E-state index in [-0.39, 0.29) is 50.0 Å². The van der Waals surface area contributed by atoms with E-state index in [2.05, 4.69) is 31.2 Å². The van der Waals surface area contributed by atoms with Gasteiger partial charge in [0.25, 0.3) is 0 Å². The summed E-state index contributed by atoms with van der Waals surface area (Å²) in [4.78, 5) is 61.7. The molecule has 0 spiro atoms. The molecule has 0 radical (unpaired) electrons. The molecule has 0 bridgehead atoms. The summed E-state index contributed by atoms with van der Waals surface area (Å²) in [5.74, 6) is -1.72. The maximum atomic E-state index is 14.3. The summed E-state index contributed by atoms with van der Waals surface area (Å²) < 4.78 is 0. The van der Waals surface area contributed by atoms with Crippen molar-refractivity contribution in [3.63, 3.8) is 0 Å². The van der Waals surface area contributed by atoms with Gasteiger partial charge in [0.2, 0.25) is 23.6 Å². The molecule has 0 aliphatic rings. The molecule has 12 heteroatoms. The van der Waals surface area contributed by atoms with E-state index in [1.165, 1.54) is 6.33 Å². The van der Waals surface area contributed by atoms with Gasteiger partial charge in [0.05, 0.1) is 37.5 Å². The van der Waals surface area contributed by atoms with Crippen molar-refractivity contribution in [1.29, 1.82) is 0 Å². The quantitative estimate of drug-likeness (QED) is 0.0629. The van der Waals surface area contributed by atoms with Crippen LogP contribution in [0.5, 0.6) is 0 Å². The molecule has 0 fully saturated rings. The predicted molar refractivity (Wildman–Crippen MR) is 214 cm³/mol. The number of nitrogens with zero attached hydrogens (tertiary/aromatic N) is 1. The Bertz CT molecular complexity index is 1790. The van der Waals surface area contributed by atoms with Crippen LogP contribution in [0.3, 0.4) is 0 Å². The normalized spacial score (nSPS) is 14.7. The monoisotopic (exact) mass is 754 g/mol. The van der Waals surface area contributed by atoms with Crippen molar-refractivity contribution in [2.75, 3.05) is 6.61 Å². The van der Waals surface area contributed by atoms with Crippen molar-refractivity contribution in [3.8, 4) is 0 Å². The Morgan fingerprint density at radius 3 is 2.16 bits per heavy atom. The minimum Gasteiger partial charge on any atom is -0.394 e. The Balaban J connectivity index is 1.53. The first-order valence-electron chi connectivity index (χ1n) is 19.4. The van der Waals surface area contributed by atoms with E-state index in [1.54, 1.807) is 6.20 Å². The SMILES string of the molecule is CC[C@H](C)[C@@H](CO)NC(=O)C[C@H](O)[C@H](CC(C)C)NC(=O)[C@H](Cc1cnc[nH]1)NC(=O)[C@H](Cc1cccc2ccccc12)NC(=O)CCCc1ccccc1. The van der Waals surface area contributed by atoms with Gasteiger partial charge in [-0.25, -0.2) is 4.98 Å². The van der Waals surface area contributed by atoms with Crippen molar-refractivity contribution in [1.82, 2.24) is 31.2 Å². The summed E-state index contributed by atoms with van der Waals surface area (Å²) in [6, 6.07) is 20.2. The van der Waals surface area contributed by atoms with E-state index in [4.69, 9.17) is 0 Å². The number of H-pyrrole nitrogens is 1. The second kappa shape index (κ2) is 21.7. The number of rotatable bonds is 22. The van der Waals surface area contributed by atoms with E-state index in [1.807, 2.05) is 100 Å². The minimum atomic E-state index is -1.24. The van der Waals surface area contributed by atoms with Crippen LogP contribution in [0.15, 0.2) is 85.3 Å². The second-order valence-electron chi connectivity index (χ2n) is 14.9. The molecule has 1 aromatic heterocycles. The van der Waals surface area contributed by atoms with Gasteiger partial charge in [0, 0.05) is 31.2 Å². The third-order valence-electron chi connectivity index (χ3n) is 10.1. The number of aryl methyl sites for hydroxylation is 1. The van der Waals surface area contributed by atoms with Gasteiger partial charge in [-0.1, -0.05) is 107 Å². The summed E-state index contributed by atoms with van der Waals surface area (Å²) in [5.41, 5.74) is 2.58. The maximum absolute atomic E-state index is 14.3. The van der Waals surface area contributed by atoms with Crippen molar-refractivity contribution >= 4 is 34.4 Å². The molecule has 0 unspecified atom stereocenters. The van der Waals surface area contributed by atoms with Crippen LogP contribution in [0.2, 0.25) is 0 Å². The highest BCUT2D eigenvalue weighted by Crippen LogP contribution is 2.21. The fraction of sp³-hybridized carbons (Fsp3) is 0.465. The molecule has 0 aliphatic heterocycles. The predicted octanol–water partition coefficient (Wildman–Crippen LogP) is 4.15. The molecule has 7 N–H and O–H groups in total. The van der Waals surface area contributed by atoms with Crippen molar-refractivity contribution < 1.29 is 29.4 Å². The summed E-state index contributed by atoms with van der Waals surface area (Å²) in [7, 11) is 0. The third kappa shape index (κ3) is 13.6. The Morgan fingerprint density at radius 1 is 0.782 bits per heavy atom. The number of aliphatic hydroxyl groups excluding tert-OH is 2. The Labute approximate surface area is 324 Å². The van der Waals surface area contributed by atoms with Gasteiger partial charge < -0.3 is 36.5 Å². The van der Waals surface area contributed by atoms with Gasteiger partial charge >= 0.3 is 0 Å². The van der Waals surface area contributed by atoms with Crippen LogP contribution in [0.25, 0.3) is 10.8 Å². The van der Waals surface area contributed by atoms with Crippen LogP contribution < -0.4 is 21.3 Å². The molecule has 0 saturated heterocycles. The van der Waals surface area contributed by atoms with Gasteiger partial charge in [-0.15, -0.1) is 0 Å². The first kappa shape index (κ1) is 42.7. The number of nitrogens with one attached hydrogen (secondary N) is 5. The molecule has 3 aromatic carbocycles. The van der Waals surface area contributed by atoms with Gasteiger partial charge in [0.1, 0.15) is 12.1 Å². The number of aromatic nitrogens is 2. The fourth-order valence-corrected chi connectivity index (χ4v) is 6.72. The minimum absolute atomic E-state index is 0.0348. The Morgan fingerprint density at radius 2 is 1.47 bits per heavy atom. The molecule has 4 aromatic rings. The standard InChI is InChI=1S/C43H58N6O6/c1-5-29(4)38(26-50)47-41(53)24-39(51)35(21-28(2)3)48-43(55)37(23-33-25-44-27-45-33)49-42(54)36(22-32-18-12-17-31-16-9-10-19-34(31)32)46-40(52)20-11-15-30-13-7-6-8-14-30/h6-10,12-14,16-19,25,27-29,35-39,50-51H,5,11,15,20-24,26H2,1-4H3,(H,44,45)(H,46,52)(H,47,53)(H,48,55)(H,49,54)/t29-,35-,36-,37-,38+,39-/m0/s1. The number of hydrogen-bond acceptors (Lipinski definition) is 7. The number of benzene rings is 3. The number of fused-ring (bicyclic) bond motifs is 1. The second-order valence-corrected chi connectivity index (χ2v) is 14.9. The largest absolute Gasteiger partial charge is 0.394 e. The lowest BCUT2D eigenvalue weighted by atomic mass is 9.95. The van der Waals surface area contributed by atoms with E-state index >= 15 is 0 Å². The molecule has 1 heterocycles. The molecule has 6 atom stereocenters. The number of aromatic amines is 1. The van der Waals surface area contributed by atoms with Gasteiger partial charge in [-0.3, -0.25) is 19.2 Å². The molecule has 296 valence electrons. The first-order chi connectivity index (χ1) is 26.5. The number of hydrogen-bond donors (Lipinski definition) is 7. The lowest BCUT2D eigenvalue weighted by Gasteiger charge is -2.29. The third-order valence-corrected chi connectivity index (χ3v) is 10.1. The Kier molecular flexibility index (Phi) is 16.9. The summed E-state index contributed by atoms with van der Waals surface area (Å²) >= 11 is 0. The highest BCUT2D eigenvalue weighted by Gasteiger charge is 2.32. The summed E-state index contributed by atoms with van der Waals surface area (Å²) in [6.07, 6.45) is 4.41. The van der Waals surface area contributed by atoms with E-state index in [9.17, 15) is 29.4 Å². The number of imidazole rings is 1. The number of aliphatic hydroxyl groups is 2. The summed E-state index contributed by atoms with van der Waals surface area (Å²) in [6.45, 7) is 7.56. The van der Waals surface area contributed by atoms with Crippen LogP contribution in [0.4, 0.5) is 0 Å². The lowest BCUT2D eigenvalue weighted by molar-refractivity contribution is -0.133. The zero-order valence-corrected chi connectivity index (χ0v) is 32.5. The molecule has 55 heavy (non-hydrogen) atoms. The summed E-state index contributed by atoms with van der Waals surface area (Å²) in [5, 5.41) is 34.6. The molecule has 12 nitrogen and oxygen atoms in total. The van der Waals surface area contributed by atoms with Crippen LogP contribution in [0, 0.1) is 11.8 Å². The lowest BCUT2D eigenvalue weighted by Crippen LogP contribution is -2.57. The molecule has 4 rings (SSSR count). The molecule has 0 aliphatic carbocycles. The van der Waals surface area contributed by atoms with Crippen molar-refractivity contribution in [2.45, 2.75) is 109 Å². The van der Waals surface area contributed by atoms with Gasteiger partial charge in [0.15, 0.2) is 0 Å². The topological polar surface area (TPSA) is 186 Å². The number of carbonyl (C=O) groups excluding carboxylic acids is 4. The molecule has 0 saturated carbocycles. The highest BCUT2D eigenvalue weighted by atomic mass is 16.3. The number of amides is 4. The number of carbonyl (C=O) groups is 4. The van der Waals surface area contributed by atoms with Crippen LogP contribution in [-0.2, 0) is 38.4 Å². The maximum Gasteiger partial charge on any atom is 0.243 e. The average molecular weight is 755 g/mol. The van der Waals surface area contributed by atoms with E-state index in [0.717, 1.165) is 28.3 Å². The zero-order chi connectivity index (χ0) is 39.7. The fourth-order valence-electron chi connectivity index (χ4n) is 6.72. The van der Waals surface area contributed by atoms with Crippen molar-refractivity contribution in [2.24, 2.45) is 11.8 Å². The van der Waals surface area contributed by atoms with Crippen LogP contribution >= 0.6 is 0 Å². The van der Waals surface area contributed by atoms with Gasteiger partial charge in [-0.2, -0.15) is 0 Å². The smallest absolute Gasteiger partial charge is 0.243 e. The highest BCUT2D eigenvalue weighted by molar-refractivity contribution is 5.93. The van der Waals surface area contributed by atoms with Gasteiger partial charge in [-0.05, 0) is 53.0 Å². The molecular formula is C43H58N6O6.